The van der Waals surface area contributed by atoms with Gasteiger partial charge >= 0.3 is 0 Å². The molecule has 0 bridgehead atoms. The second kappa shape index (κ2) is 9.38. The molecule has 188 valence electrons. The lowest BCUT2D eigenvalue weighted by Gasteiger charge is -2.33. The van der Waals surface area contributed by atoms with E-state index in [0.29, 0.717) is 11.2 Å². The maximum atomic E-state index is 6.93. The summed E-state index contributed by atoms with van der Waals surface area (Å²) in [6.45, 7) is 8.93. The summed E-state index contributed by atoms with van der Waals surface area (Å²) < 4.78 is 2.51. The quantitative estimate of drug-likeness (QED) is 0.371. The Labute approximate surface area is 224 Å². The molecule has 3 aromatic rings. The molecule has 5 nitrogen and oxygen atoms in total. The first-order chi connectivity index (χ1) is 17.4. The van der Waals surface area contributed by atoms with Crippen LogP contribution in [-0.4, -0.2) is 27.8 Å². The topological polar surface area (TPSA) is 36.3 Å². The predicted molar refractivity (Wildman–Crippen MR) is 152 cm³/mol. The summed E-state index contributed by atoms with van der Waals surface area (Å²) in [5.74, 6) is 0.784. The summed E-state index contributed by atoms with van der Waals surface area (Å²) in [5, 5.41) is 5.10. The van der Waals surface area contributed by atoms with Crippen molar-refractivity contribution in [3.8, 4) is 0 Å². The van der Waals surface area contributed by atoms with Gasteiger partial charge in [-0.1, -0.05) is 24.6 Å². The zero-order valence-electron chi connectivity index (χ0n) is 21.2. The van der Waals surface area contributed by atoms with Gasteiger partial charge in [0.25, 0.3) is 0 Å². The third kappa shape index (κ3) is 4.18. The van der Waals surface area contributed by atoms with E-state index in [2.05, 4.69) is 70.8 Å². The van der Waals surface area contributed by atoms with Crippen LogP contribution in [0.3, 0.4) is 0 Å². The van der Waals surface area contributed by atoms with Crippen molar-refractivity contribution < 1.29 is 0 Å². The third-order valence-corrected chi connectivity index (χ3v) is 8.80. The van der Waals surface area contributed by atoms with Crippen molar-refractivity contribution in [1.82, 2.24) is 14.9 Å². The summed E-state index contributed by atoms with van der Waals surface area (Å²) in [4.78, 5) is 9.39. The molecule has 0 radical (unpaired) electrons. The molecule has 2 aliphatic heterocycles. The second-order valence-electron chi connectivity index (χ2n) is 10.7. The van der Waals surface area contributed by atoms with Crippen molar-refractivity contribution in [1.29, 1.82) is 0 Å². The summed E-state index contributed by atoms with van der Waals surface area (Å²) >= 11 is 12.9. The van der Waals surface area contributed by atoms with Gasteiger partial charge < -0.3 is 19.7 Å². The lowest BCUT2D eigenvalue weighted by molar-refractivity contribution is 0.438. The number of nitrogens with zero attached hydrogens (tertiary/aromatic N) is 4. The number of pyridine rings is 1. The lowest BCUT2D eigenvalue weighted by atomic mass is 9.96. The largest absolute Gasteiger partial charge is 0.370 e. The zero-order valence-corrected chi connectivity index (χ0v) is 22.8. The van der Waals surface area contributed by atoms with Crippen molar-refractivity contribution in [2.45, 2.75) is 64.6 Å². The average Bonchev–Trinajstić information content (AvgIpc) is 3.58. The number of thiocarbonyl (C=S) groups is 1. The molecule has 1 aliphatic carbocycles. The minimum absolute atomic E-state index is 0.0103. The summed E-state index contributed by atoms with van der Waals surface area (Å²) in [5.41, 5.74) is 7.07. The Morgan fingerprint density at radius 1 is 1.03 bits per heavy atom. The van der Waals surface area contributed by atoms with Gasteiger partial charge in [-0.3, -0.25) is 4.98 Å². The molecule has 36 heavy (non-hydrogen) atoms. The number of piperidine rings is 1. The molecule has 0 amide bonds. The molecule has 1 N–H and O–H groups in total. The molecular formula is C29H34ClN5S. The Hall–Kier alpha value is -2.57. The smallest absolute Gasteiger partial charge is 0.174 e. The number of aromatic nitrogens is 2. The van der Waals surface area contributed by atoms with Crippen molar-refractivity contribution in [3.05, 3.63) is 76.3 Å². The van der Waals surface area contributed by atoms with Crippen LogP contribution in [0.1, 0.15) is 73.4 Å². The summed E-state index contributed by atoms with van der Waals surface area (Å²) in [6, 6.07) is 15.5. The first-order valence-corrected chi connectivity index (χ1v) is 13.9. The Balaban J connectivity index is 1.41. The highest BCUT2D eigenvalue weighted by molar-refractivity contribution is 7.80. The standard InChI is InChI=1S/C29H34ClN5S/c1-18-11-14-33(15-12-18)26-10-9-22(17-24(26)30)35-28(23-16-19(2)34(20(23)3)21-7-8-21)27(32-29(35)36)25-6-4-5-13-31-25/h4-6,9-10,13,16-18,21,27-28H,7-8,11-12,14-15H2,1-3H3,(H,32,36). The molecule has 2 aromatic heterocycles. The monoisotopic (exact) mass is 519 g/mol. The summed E-state index contributed by atoms with van der Waals surface area (Å²) in [7, 11) is 0. The van der Waals surface area contributed by atoms with Gasteiger partial charge in [0.1, 0.15) is 0 Å². The highest BCUT2D eigenvalue weighted by Crippen LogP contribution is 2.47. The van der Waals surface area contributed by atoms with Crippen LogP contribution in [-0.2, 0) is 0 Å². The van der Waals surface area contributed by atoms with E-state index in [4.69, 9.17) is 28.8 Å². The van der Waals surface area contributed by atoms with E-state index >= 15 is 0 Å². The van der Waals surface area contributed by atoms with Crippen LogP contribution in [0, 0.1) is 19.8 Å². The van der Waals surface area contributed by atoms with E-state index in [1.54, 1.807) is 0 Å². The van der Waals surface area contributed by atoms with Gasteiger partial charge in [-0.25, -0.2) is 0 Å². The number of benzene rings is 1. The Kier molecular flexibility index (Phi) is 6.21. The number of nitrogens with one attached hydrogen (secondary N) is 1. The minimum Gasteiger partial charge on any atom is -0.370 e. The maximum Gasteiger partial charge on any atom is 0.174 e. The number of rotatable bonds is 5. The van der Waals surface area contributed by atoms with Gasteiger partial charge in [0.15, 0.2) is 5.11 Å². The van der Waals surface area contributed by atoms with Gasteiger partial charge in [0.2, 0.25) is 0 Å². The molecule has 2 saturated heterocycles. The van der Waals surface area contributed by atoms with Gasteiger partial charge in [-0.05, 0) is 99.6 Å². The van der Waals surface area contributed by atoms with Crippen LogP contribution < -0.4 is 15.1 Å². The van der Waals surface area contributed by atoms with Gasteiger partial charge in [-0.2, -0.15) is 0 Å². The highest BCUT2D eigenvalue weighted by atomic mass is 35.5. The van der Waals surface area contributed by atoms with Crippen molar-refractivity contribution >= 4 is 40.3 Å². The van der Waals surface area contributed by atoms with Crippen LogP contribution in [0.2, 0.25) is 5.02 Å². The van der Waals surface area contributed by atoms with Gasteiger partial charge in [0, 0.05) is 42.4 Å². The van der Waals surface area contributed by atoms with E-state index in [0.717, 1.165) is 41.1 Å². The lowest BCUT2D eigenvalue weighted by Crippen LogP contribution is -2.33. The fourth-order valence-corrected chi connectivity index (χ4v) is 6.74. The SMILES string of the molecule is Cc1cc(C2C(c3ccccn3)NC(=S)N2c2ccc(N3CCC(C)CC3)c(Cl)c2)c(C)n1C1CC1. The molecular weight excluding hydrogens is 486 g/mol. The molecule has 2 unspecified atom stereocenters. The Bertz CT molecular complexity index is 1280. The van der Waals surface area contributed by atoms with E-state index in [1.165, 1.54) is 42.6 Å². The Morgan fingerprint density at radius 3 is 2.47 bits per heavy atom. The first kappa shape index (κ1) is 23.8. The molecule has 2 atom stereocenters. The number of halogens is 1. The molecule has 3 fully saturated rings. The predicted octanol–water partition coefficient (Wildman–Crippen LogP) is 6.90. The van der Waals surface area contributed by atoms with E-state index in [1.807, 2.05) is 18.3 Å². The fourth-order valence-electron chi connectivity index (χ4n) is 6.10. The molecule has 4 heterocycles. The van der Waals surface area contributed by atoms with Crippen molar-refractivity contribution in [2.75, 3.05) is 22.9 Å². The molecule has 1 saturated carbocycles. The fraction of sp³-hybridized carbons (Fsp3) is 0.448. The van der Waals surface area contributed by atoms with Gasteiger partial charge in [0.05, 0.1) is 28.5 Å². The van der Waals surface area contributed by atoms with Crippen LogP contribution in [0.25, 0.3) is 0 Å². The van der Waals surface area contributed by atoms with Crippen LogP contribution in [0.15, 0.2) is 48.7 Å². The Morgan fingerprint density at radius 2 is 1.81 bits per heavy atom. The molecule has 0 spiro atoms. The minimum atomic E-state index is -0.0473. The summed E-state index contributed by atoms with van der Waals surface area (Å²) in [6.07, 6.45) is 6.80. The van der Waals surface area contributed by atoms with E-state index in [9.17, 15) is 0 Å². The number of hydrogen-bond donors (Lipinski definition) is 1. The van der Waals surface area contributed by atoms with E-state index < -0.39 is 0 Å². The number of aryl methyl sites for hydroxylation is 1. The van der Waals surface area contributed by atoms with Crippen LogP contribution >= 0.6 is 23.8 Å². The molecule has 3 aliphatic rings. The van der Waals surface area contributed by atoms with Crippen LogP contribution in [0.4, 0.5) is 11.4 Å². The maximum absolute atomic E-state index is 6.93. The first-order valence-electron chi connectivity index (χ1n) is 13.2. The zero-order chi connectivity index (χ0) is 25.0. The average molecular weight is 520 g/mol. The van der Waals surface area contributed by atoms with Crippen molar-refractivity contribution in [3.63, 3.8) is 0 Å². The molecule has 6 rings (SSSR count). The van der Waals surface area contributed by atoms with Gasteiger partial charge in [-0.15, -0.1) is 0 Å². The number of hydrogen-bond acceptors (Lipinski definition) is 3. The second-order valence-corrected chi connectivity index (χ2v) is 11.5. The molecule has 7 heteroatoms. The number of anilines is 2. The molecule has 1 aromatic carbocycles. The normalized spacial score (nSPS) is 22.8. The van der Waals surface area contributed by atoms with Crippen LogP contribution in [0.5, 0.6) is 0 Å². The highest BCUT2D eigenvalue weighted by Gasteiger charge is 2.43. The third-order valence-electron chi connectivity index (χ3n) is 8.19. The van der Waals surface area contributed by atoms with E-state index in [-0.39, 0.29) is 12.1 Å². The van der Waals surface area contributed by atoms with Crippen molar-refractivity contribution in [2.24, 2.45) is 5.92 Å².